The normalized spacial score (nSPS) is 9.78. The molecule has 88 valence electrons. The molecule has 0 spiro atoms. The van der Waals surface area contributed by atoms with Crippen molar-refractivity contribution >= 4 is 5.78 Å². The van der Waals surface area contributed by atoms with E-state index in [2.05, 4.69) is 6.07 Å². The number of hydrogen-bond acceptors (Lipinski definition) is 2. The highest BCUT2D eigenvalue weighted by Gasteiger charge is 2.15. The third kappa shape index (κ3) is 2.31. The molecule has 0 aromatic heterocycles. The van der Waals surface area contributed by atoms with E-state index >= 15 is 0 Å². The zero-order valence-electron chi connectivity index (χ0n) is 10.2. The maximum absolute atomic E-state index is 12.5. The molecule has 2 heteroatoms. The van der Waals surface area contributed by atoms with Gasteiger partial charge in [0.15, 0.2) is 5.78 Å². The first-order valence-corrected chi connectivity index (χ1v) is 5.79. The molecule has 0 N–H and O–H groups in total. The van der Waals surface area contributed by atoms with Crippen LogP contribution in [0, 0.1) is 18.3 Å². The lowest BCUT2D eigenvalue weighted by atomic mass is 9.93. The Hall–Kier alpha value is -2.40. The van der Waals surface area contributed by atoms with Gasteiger partial charge in [-0.3, -0.25) is 4.79 Å². The average molecular weight is 235 g/mol. The highest BCUT2D eigenvalue weighted by Crippen LogP contribution is 2.19. The molecule has 0 radical (unpaired) electrons. The van der Waals surface area contributed by atoms with E-state index in [9.17, 15) is 4.79 Å². The van der Waals surface area contributed by atoms with Gasteiger partial charge in [-0.1, -0.05) is 48.5 Å². The molecule has 0 saturated carbocycles. The lowest BCUT2D eigenvalue weighted by Gasteiger charge is -2.09. The first kappa shape index (κ1) is 12.1. The molecule has 2 nitrogen and oxygen atoms in total. The summed E-state index contributed by atoms with van der Waals surface area (Å²) in [5.41, 5.74) is 3.03. The van der Waals surface area contributed by atoms with Gasteiger partial charge in [0.1, 0.15) is 0 Å². The Morgan fingerprint density at radius 3 is 2.50 bits per heavy atom. The second kappa shape index (κ2) is 5.29. The summed E-state index contributed by atoms with van der Waals surface area (Å²) in [7, 11) is 0. The van der Waals surface area contributed by atoms with Crippen LogP contribution in [0.25, 0.3) is 0 Å². The lowest BCUT2D eigenvalue weighted by Crippen LogP contribution is -2.07. The number of ketones is 1. The minimum atomic E-state index is -0.0149. The number of hydrogen-bond donors (Lipinski definition) is 0. The van der Waals surface area contributed by atoms with Gasteiger partial charge >= 0.3 is 0 Å². The van der Waals surface area contributed by atoms with Crippen molar-refractivity contribution in [2.24, 2.45) is 0 Å². The number of nitrogens with zero attached hydrogens (tertiary/aromatic N) is 1. The van der Waals surface area contributed by atoms with E-state index in [1.165, 1.54) is 0 Å². The third-order valence-electron chi connectivity index (χ3n) is 2.89. The largest absolute Gasteiger partial charge is 0.289 e. The predicted molar refractivity (Wildman–Crippen MR) is 70.4 cm³/mol. The van der Waals surface area contributed by atoms with E-state index < -0.39 is 0 Å². The zero-order valence-corrected chi connectivity index (χ0v) is 10.2. The molecule has 0 bridgehead atoms. The number of rotatable bonds is 3. The highest BCUT2D eigenvalue weighted by molar-refractivity contribution is 6.10. The van der Waals surface area contributed by atoms with E-state index in [-0.39, 0.29) is 12.2 Å². The van der Waals surface area contributed by atoms with Crippen LogP contribution in [0.3, 0.4) is 0 Å². The van der Waals surface area contributed by atoms with Crippen LogP contribution in [0.5, 0.6) is 0 Å². The summed E-state index contributed by atoms with van der Waals surface area (Å²) in [5, 5.41) is 8.83. The molecular formula is C16H13NO. The maximum Gasteiger partial charge on any atom is 0.193 e. The van der Waals surface area contributed by atoms with E-state index in [0.29, 0.717) is 11.1 Å². The average Bonchev–Trinajstić information content (AvgIpc) is 2.40. The molecule has 0 heterocycles. The molecule has 0 saturated heterocycles. The number of aryl methyl sites for hydroxylation is 1. The fourth-order valence-corrected chi connectivity index (χ4v) is 2.02. The summed E-state index contributed by atoms with van der Waals surface area (Å²) in [4.78, 5) is 12.5. The molecule has 0 atom stereocenters. The number of carbonyl (C=O) groups is 1. The molecule has 0 aliphatic heterocycles. The molecule has 2 rings (SSSR count). The predicted octanol–water partition coefficient (Wildman–Crippen LogP) is 3.29. The number of benzene rings is 2. The van der Waals surface area contributed by atoms with Gasteiger partial charge in [0.2, 0.25) is 0 Å². The Morgan fingerprint density at radius 2 is 1.83 bits per heavy atom. The van der Waals surface area contributed by atoms with Crippen LogP contribution >= 0.6 is 0 Å². The fourth-order valence-electron chi connectivity index (χ4n) is 2.02. The Morgan fingerprint density at radius 1 is 1.11 bits per heavy atom. The second-order valence-corrected chi connectivity index (χ2v) is 4.14. The quantitative estimate of drug-likeness (QED) is 0.766. The monoisotopic (exact) mass is 235 g/mol. The molecule has 0 amide bonds. The molecular weight excluding hydrogens is 222 g/mol. The van der Waals surface area contributed by atoms with Gasteiger partial charge < -0.3 is 0 Å². The van der Waals surface area contributed by atoms with Crippen molar-refractivity contribution in [1.82, 2.24) is 0 Å². The van der Waals surface area contributed by atoms with Crippen molar-refractivity contribution in [3.63, 3.8) is 0 Å². The van der Waals surface area contributed by atoms with Gasteiger partial charge in [-0.05, 0) is 18.1 Å². The minimum absolute atomic E-state index is 0.0149. The molecule has 18 heavy (non-hydrogen) atoms. The standard InChI is InChI=1S/C16H13NO/c1-12-6-5-9-13(10-11-17)15(12)16(18)14-7-3-2-4-8-14/h2-9H,10H2,1H3. The minimum Gasteiger partial charge on any atom is -0.289 e. The third-order valence-corrected chi connectivity index (χ3v) is 2.89. The number of carbonyl (C=O) groups excluding carboxylic acids is 1. The topological polar surface area (TPSA) is 40.9 Å². The molecule has 0 aliphatic rings. The second-order valence-electron chi connectivity index (χ2n) is 4.14. The summed E-state index contributed by atoms with van der Waals surface area (Å²) in [6, 6.07) is 16.9. The van der Waals surface area contributed by atoms with Crippen LogP contribution in [-0.2, 0) is 6.42 Å². The van der Waals surface area contributed by atoms with E-state index in [4.69, 9.17) is 5.26 Å². The molecule has 2 aromatic carbocycles. The van der Waals surface area contributed by atoms with Crippen molar-refractivity contribution in [3.8, 4) is 6.07 Å². The van der Waals surface area contributed by atoms with Crippen molar-refractivity contribution in [2.45, 2.75) is 13.3 Å². The van der Waals surface area contributed by atoms with Crippen LogP contribution < -0.4 is 0 Å². The summed E-state index contributed by atoms with van der Waals surface area (Å²) in [5.74, 6) is -0.0149. The highest BCUT2D eigenvalue weighted by atomic mass is 16.1. The molecule has 0 aliphatic carbocycles. The fraction of sp³-hybridized carbons (Fsp3) is 0.125. The van der Waals surface area contributed by atoms with E-state index in [0.717, 1.165) is 11.1 Å². The SMILES string of the molecule is Cc1cccc(CC#N)c1C(=O)c1ccccc1. The van der Waals surface area contributed by atoms with Crippen molar-refractivity contribution in [3.05, 3.63) is 70.8 Å². The van der Waals surface area contributed by atoms with Crippen LogP contribution in [0.4, 0.5) is 0 Å². The van der Waals surface area contributed by atoms with Gasteiger partial charge in [0.25, 0.3) is 0 Å². The van der Waals surface area contributed by atoms with Gasteiger partial charge in [0.05, 0.1) is 12.5 Å². The number of nitriles is 1. The smallest absolute Gasteiger partial charge is 0.193 e. The van der Waals surface area contributed by atoms with Crippen LogP contribution in [0.2, 0.25) is 0 Å². The summed E-state index contributed by atoms with van der Waals surface area (Å²) < 4.78 is 0. The Labute approximate surface area is 107 Å². The first-order valence-electron chi connectivity index (χ1n) is 5.79. The van der Waals surface area contributed by atoms with Gasteiger partial charge in [-0.2, -0.15) is 5.26 Å². The molecule has 0 unspecified atom stereocenters. The van der Waals surface area contributed by atoms with E-state index in [1.54, 1.807) is 12.1 Å². The van der Waals surface area contributed by atoms with E-state index in [1.807, 2.05) is 43.3 Å². The van der Waals surface area contributed by atoms with Gasteiger partial charge in [0, 0.05) is 11.1 Å². The van der Waals surface area contributed by atoms with Crippen molar-refractivity contribution in [2.75, 3.05) is 0 Å². The summed E-state index contributed by atoms with van der Waals surface area (Å²) in [6.45, 7) is 1.90. The first-order chi connectivity index (χ1) is 8.74. The van der Waals surface area contributed by atoms with Gasteiger partial charge in [-0.25, -0.2) is 0 Å². The van der Waals surface area contributed by atoms with Crippen LogP contribution in [-0.4, -0.2) is 5.78 Å². The van der Waals surface area contributed by atoms with Gasteiger partial charge in [-0.15, -0.1) is 0 Å². The zero-order chi connectivity index (χ0) is 13.0. The Balaban J connectivity index is 2.51. The molecule has 2 aromatic rings. The molecule has 0 fully saturated rings. The summed E-state index contributed by atoms with van der Waals surface area (Å²) in [6.07, 6.45) is 0.260. The summed E-state index contributed by atoms with van der Waals surface area (Å²) >= 11 is 0. The van der Waals surface area contributed by atoms with Crippen molar-refractivity contribution < 1.29 is 4.79 Å². The Bertz CT molecular complexity index is 609. The lowest BCUT2D eigenvalue weighted by molar-refractivity contribution is 0.103. The van der Waals surface area contributed by atoms with Crippen LogP contribution in [0.1, 0.15) is 27.0 Å². The van der Waals surface area contributed by atoms with Crippen LogP contribution in [0.15, 0.2) is 48.5 Å². The Kier molecular flexibility index (Phi) is 3.54. The van der Waals surface area contributed by atoms with Crippen molar-refractivity contribution in [1.29, 1.82) is 5.26 Å². The maximum atomic E-state index is 12.5.